The van der Waals surface area contributed by atoms with Crippen molar-refractivity contribution in [1.29, 1.82) is 0 Å². The molecule has 2 fully saturated rings. The topological polar surface area (TPSA) is 84.3 Å². The highest BCUT2D eigenvalue weighted by atomic mass is 79.9. The molecule has 1 aliphatic carbocycles. The van der Waals surface area contributed by atoms with Crippen molar-refractivity contribution < 1.29 is 9.59 Å². The van der Waals surface area contributed by atoms with E-state index in [1.165, 1.54) is 0 Å². The van der Waals surface area contributed by atoms with Crippen molar-refractivity contribution in [3.8, 4) is 0 Å². The van der Waals surface area contributed by atoms with Gasteiger partial charge in [-0.2, -0.15) is 5.10 Å². The Kier molecular flexibility index (Phi) is 6.01. The van der Waals surface area contributed by atoms with E-state index in [-0.39, 0.29) is 36.4 Å². The Morgan fingerprint density at radius 3 is 2.58 bits per heavy atom. The Hall–Kier alpha value is -3.00. The van der Waals surface area contributed by atoms with Crippen molar-refractivity contribution in [2.24, 2.45) is 5.92 Å². The van der Waals surface area contributed by atoms with E-state index in [0.29, 0.717) is 17.6 Å². The summed E-state index contributed by atoms with van der Waals surface area (Å²) in [5, 5.41) is 9.03. The first-order valence-electron chi connectivity index (χ1n) is 11.4. The minimum absolute atomic E-state index is 0.0633. The fraction of sp³-hybridized carbons (Fsp3) is 0.360. The molecule has 1 saturated carbocycles. The molecular formula is C25H25BrN4O3. The normalized spacial score (nSPS) is 18.9. The van der Waals surface area contributed by atoms with Crippen molar-refractivity contribution in [2.45, 2.75) is 44.7 Å². The van der Waals surface area contributed by atoms with Gasteiger partial charge in [-0.3, -0.25) is 14.4 Å². The maximum atomic E-state index is 13.0. The van der Waals surface area contributed by atoms with Crippen molar-refractivity contribution in [2.75, 3.05) is 11.4 Å². The summed E-state index contributed by atoms with van der Waals surface area (Å²) < 4.78 is 2.50. The number of hydrogen-bond acceptors (Lipinski definition) is 4. The van der Waals surface area contributed by atoms with Crippen LogP contribution < -0.4 is 15.8 Å². The monoisotopic (exact) mass is 508 g/mol. The van der Waals surface area contributed by atoms with E-state index in [0.717, 1.165) is 41.2 Å². The molecule has 0 bridgehead atoms. The lowest BCUT2D eigenvalue weighted by Gasteiger charge is -2.18. The van der Waals surface area contributed by atoms with Crippen LogP contribution in [0.1, 0.15) is 43.8 Å². The number of nitrogens with one attached hydrogen (secondary N) is 1. The number of nitrogens with zero attached hydrogens (tertiary/aromatic N) is 3. The zero-order chi connectivity index (χ0) is 22.9. The summed E-state index contributed by atoms with van der Waals surface area (Å²) in [5.74, 6) is -0.666. The third-order valence-corrected chi connectivity index (χ3v) is 7.11. The number of fused-ring (bicyclic) bond motifs is 1. The lowest BCUT2D eigenvalue weighted by Crippen LogP contribution is -2.34. The Morgan fingerprint density at radius 2 is 1.82 bits per heavy atom. The number of hydrogen-bond donors (Lipinski definition) is 1. The first kappa shape index (κ1) is 21.8. The molecule has 1 unspecified atom stereocenters. The number of carbonyl (C=O) groups is 2. The van der Waals surface area contributed by atoms with Crippen LogP contribution in [0.3, 0.4) is 0 Å². The summed E-state index contributed by atoms with van der Waals surface area (Å²) in [6.45, 7) is 0.560. The van der Waals surface area contributed by atoms with Gasteiger partial charge >= 0.3 is 0 Å². The zero-order valence-corrected chi connectivity index (χ0v) is 19.8. The highest BCUT2D eigenvalue weighted by Gasteiger charge is 2.35. The summed E-state index contributed by atoms with van der Waals surface area (Å²) >= 11 is 3.43. The number of halogens is 1. The summed E-state index contributed by atoms with van der Waals surface area (Å²) in [6, 6.07) is 15.0. The second-order valence-electron chi connectivity index (χ2n) is 8.78. The predicted molar refractivity (Wildman–Crippen MR) is 130 cm³/mol. The van der Waals surface area contributed by atoms with Gasteiger partial charge in [-0.15, -0.1) is 0 Å². The number of amides is 2. The number of anilines is 1. The highest BCUT2D eigenvalue weighted by molar-refractivity contribution is 9.10. The van der Waals surface area contributed by atoms with Gasteiger partial charge in [0.05, 0.1) is 29.6 Å². The largest absolute Gasteiger partial charge is 0.350 e. The molecule has 0 spiro atoms. The van der Waals surface area contributed by atoms with E-state index in [1.54, 1.807) is 9.58 Å². The van der Waals surface area contributed by atoms with Crippen LogP contribution in [-0.4, -0.2) is 28.1 Å². The van der Waals surface area contributed by atoms with Crippen LogP contribution in [0.15, 0.2) is 57.8 Å². The van der Waals surface area contributed by atoms with E-state index >= 15 is 0 Å². The number of aromatic nitrogens is 2. The first-order chi connectivity index (χ1) is 16.0. The fourth-order valence-corrected chi connectivity index (χ4v) is 5.28. The molecule has 1 aromatic heterocycles. The van der Waals surface area contributed by atoms with Crippen molar-refractivity contribution in [1.82, 2.24) is 15.1 Å². The molecule has 5 rings (SSSR count). The minimum atomic E-state index is -0.427. The number of benzene rings is 2. The van der Waals surface area contributed by atoms with Crippen LogP contribution >= 0.6 is 15.9 Å². The molecule has 1 saturated heterocycles. The summed E-state index contributed by atoms with van der Waals surface area (Å²) in [4.78, 5) is 40.2. The molecule has 0 radical (unpaired) electrons. The number of carbonyl (C=O) groups excluding carboxylic acids is 2. The predicted octanol–water partition coefficient (Wildman–Crippen LogP) is 3.94. The average molecular weight is 509 g/mol. The quantitative estimate of drug-likeness (QED) is 0.565. The molecule has 2 aliphatic rings. The van der Waals surface area contributed by atoms with Crippen molar-refractivity contribution in [3.05, 3.63) is 69.1 Å². The molecule has 2 aromatic carbocycles. The molecule has 8 heteroatoms. The van der Waals surface area contributed by atoms with Gasteiger partial charge in [0, 0.05) is 28.5 Å². The smallest absolute Gasteiger partial charge is 0.274 e. The molecule has 7 nitrogen and oxygen atoms in total. The third-order valence-electron chi connectivity index (χ3n) is 6.62. The zero-order valence-electron chi connectivity index (χ0n) is 18.2. The van der Waals surface area contributed by atoms with Crippen molar-refractivity contribution in [3.63, 3.8) is 0 Å². The fourth-order valence-electron chi connectivity index (χ4n) is 4.89. The van der Waals surface area contributed by atoms with E-state index in [1.807, 2.05) is 48.5 Å². The van der Waals surface area contributed by atoms with Gasteiger partial charge in [0.25, 0.3) is 5.56 Å². The highest BCUT2D eigenvalue weighted by Crippen LogP contribution is 2.29. The number of rotatable bonds is 5. The molecule has 1 aliphatic heterocycles. The molecule has 33 heavy (non-hydrogen) atoms. The van der Waals surface area contributed by atoms with Crippen LogP contribution in [-0.2, 0) is 16.1 Å². The SMILES string of the molecule is O=C(NCc1nn(C2CCCC2)c(=O)c2ccccc12)C1CC(=O)N(c2cccc(Br)c2)C1. The Morgan fingerprint density at radius 1 is 1.06 bits per heavy atom. The van der Waals surface area contributed by atoms with Crippen LogP contribution in [0.25, 0.3) is 10.8 Å². The van der Waals surface area contributed by atoms with Crippen LogP contribution in [0.2, 0.25) is 0 Å². The molecule has 2 heterocycles. The molecule has 3 aromatic rings. The second-order valence-corrected chi connectivity index (χ2v) is 9.70. The summed E-state index contributed by atoms with van der Waals surface area (Å²) in [7, 11) is 0. The van der Waals surface area contributed by atoms with Crippen molar-refractivity contribution >= 4 is 44.2 Å². The molecular weight excluding hydrogens is 484 g/mol. The van der Waals surface area contributed by atoms with Gasteiger partial charge in [0.1, 0.15) is 0 Å². The van der Waals surface area contributed by atoms with Gasteiger partial charge < -0.3 is 10.2 Å². The average Bonchev–Trinajstić information content (AvgIpc) is 3.49. The Bertz CT molecular complexity index is 1280. The van der Waals surface area contributed by atoms with Gasteiger partial charge in [0.2, 0.25) is 11.8 Å². The van der Waals surface area contributed by atoms with Gasteiger partial charge in [0.15, 0.2) is 0 Å². The van der Waals surface area contributed by atoms with E-state index in [2.05, 4.69) is 26.3 Å². The van der Waals surface area contributed by atoms with Crippen LogP contribution in [0, 0.1) is 5.92 Å². The molecule has 1 N–H and O–H groups in total. The Balaban J connectivity index is 1.34. The first-order valence-corrected chi connectivity index (χ1v) is 12.1. The summed E-state index contributed by atoms with van der Waals surface area (Å²) in [5.41, 5.74) is 1.39. The molecule has 2 amide bonds. The van der Waals surface area contributed by atoms with E-state index in [4.69, 9.17) is 0 Å². The minimum Gasteiger partial charge on any atom is -0.350 e. The second kappa shape index (κ2) is 9.09. The maximum Gasteiger partial charge on any atom is 0.274 e. The maximum absolute atomic E-state index is 13.0. The molecule has 1 atom stereocenters. The van der Waals surface area contributed by atoms with Gasteiger partial charge in [-0.25, -0.2) is 4.68 Å². The summed E-state index contributed by atoms with van der Waals surface area (Å²) in [6.07, 6.45) is 4.27. The Labute approximate surface area is 199 Å². The van der Waals surface area contributed by atoms with Gasteiger partial charge in [-0.05, 0) is 37.1 Å². The van der Waals surface area contributed by atoms with Gasteiger partial charge in [-0.1, -0.05) is 53.0 Å². The van der Waals surface area contributed by atoms with Crippen LogP contribution in [0.4, 0.5) is 5.69 Å². The van der Waals surface area contributed by atoms with Crippen LogP contribution in [0.5, 0.6) is 0 Å². The lowest BCUT2D eigenvalue weighted by molar-refractivity contribution is -0.126. The van der Waals surface area contributed by atoms with E-state index < -0.39 is 5.92 Å². The molecule has 170 valence electrons. The lowest BCUT2D eigenvalue weighted by atomic mass is 10.1. The van der Waals surface area contributed by atoms with E-state index in [9.17, 15) is 14.4 Å². The third kappa shape index (κ3) is 4.31. The standard InChI is InChI=1S/C25H25BrN4O3/c26-17-6-5-9-19(13-17)29-15-16(12-23(29)31)24(32)27-14-22-20-10-3-4-11-21(20)25(33)30(28-22)18-7-1-2-8-18/h3-6,9-11,13,16,18H,1-2,7-8,12,14-15H2,(H,27,32).